The van der Waals surface area contributed by atoms with Gasteiger partial charge in [-0.25, -0.2) is 9.78 Å². The summed E-state index contributed by atoms with van der Waals surface area (Å²) in [5, 5.41) is 1.95. The van der Waals surface area contributed by atoms with Crippen molar-refractivity contribution in [1.29, 1.82) is 0 Å². The van der Waals surface area contributed by atoms with Crippen LogP contribution in [0.25, 0.3) is 0 Å². The number of nitrogens with zero attached hydrogens (tertiary/aromatic N) is 1. The number of thiazole rings is 1. The second-order valence-electron chi connectivity index (χ2n) is 4.81. The van der Waals surface area contributed by atoms with Gasteiger partial charge in [-0.15, -0.1) is 11.3 Å². The van der Waals surface area contributed by atoms with Gasteiger partial charge < -0.3 is 9.72 Å². The first-order valence-electron chi connectivity index (χ1n) is 6.88. The Morgan fingerprint density at radius 1 is 1.36 bits per heavy atom. The topological polar surface area (TPSA) is 72.1 Å². The third kappa shape index (κ3) is 3.59. The lowest BCUT2D eigenvalue weighted by Crippen LogP contribution is -2.08. The lowest BCUT2D eigenvalue weighted by molar-refractivity contribution is 0.0525. The number of rotatable bonds is 6. The molecule has 0 aromatic carbocycles. The standard InChI is InChI=1S/C15H18N2O3S2/c1-5-20-14(19)12-9(3)13(17-10(12)4)11(18)7-22-15-16-8(2)6-21-15/h6,17H,5,7H2,1-4H3. The molecule has 2 heterocycles. The lowest BCUT2D eigenvalue weighted by atomic mass is 10.1. The van der Waals surface area contributed by atoms with Crippen LogP contribution in [0.2, 0.25) is 0 Å². The number of Topliss-reactive ketones (excluding diaryl/α,β-unsaturated/α-hetero) is 1. The Kier molecular flexibility index (Phi) is 5.42. The van der Waals surface area contributed by atoms with Crippen molar-refractivity contribution in [2.45, 2.75) is 32.0 Å². The molecule has 2 rings (SSSR count). The molecule has 0 fully saturated rings. The van der Waals surface area contributed by atoms with Gasteiger partial charge >= 0.3 is 5.97 Å². The summed E-state index contributed by atoms with van der Waals surface area (Å²) in [7, 11) is 0. The van der Waals surface area contributed by atoms with Crippen LogP contribution in [-0.4, -0.2) is 34.1 Å². The zero-order valence-corrected chi connectivity index (χ0v) is 14.6. The number of ether oxygens (including phenoxy) is 1. The van der Waals surface area contributed by atoms with Crippen molar-refractivity contribution < 1.29 is 14.3 Å². The van der Waals surface area contributed by atoms with Crippen LogP contribution in [0.1, 0.15) is 44.7 Å². The number of esters is 1. The average molecular weight is 338 g/mol. The van der Waals surface area contributed by atoms with Gasteiger partial charge in [0.2, 0.25) is 0 Å². The summed E-state index contributed by atoms with van der Waals surface area (Å²) in [6.07, 6.45) is 0. The lowest BCUT2D eigenvalue weighted by Gasteiger charge is -2.02. The van der Waals surface area contributed by atoms with Crippen molar-refractivity contribution in [3.63, 3.8) is 0 Å². The van der Waals surface area contributed by atoms with Crippen LogP contribution in [0.15, 0.2) is 9.72 Å². The maximum atomic E-state index is 12.4. The Morgan fingerprint density at radius 3 is 2.68 bits per heavy atom. The highest BCUT2D eigenvalue weighted by Gasteiger charge is 2.22. The quantitative estimate of drug-likeness (QED) is 0.495. The molecule has 0 aliphatic rings. The number of carbonyl (C=O) groups is 2. The molecule has 118 valence electrons. The van der Waals surface area contributed by atoms with Crippen molar-refractivity contribution in [3.05, 3.63) is 33.6 Å². The van der Waals surface area contributed by atoms with Gasteiger partial charge in [0.15, 0.2) is 10.1 Å². The molecule has 5 nitrogen and oxygen atoms in total. The number of ketones is 1. The first kappa shape index (κ1) is 16.8. The Balaban J connectivity index is 2.13. The van der Waals surface area contributed by atoms with Crippen LogP contribution in [0.5, 0.6) is 0 Å². The molecule has 22 heavy (non-hydrogen) atoms. The molecule has 0 bridgehead atoms. The van der Waals surface area contributed by atoms with E-state index in [2.05, 4.69) is 9.97 Å². The molecule has 0 radical (unpaired) electrons. The minimum Gasteiger partial charge on any atom is -0.462 e. The summed E-state index contributed by atoms with van der Waals surface area (Å²) < 4.78 is 5.90. The first-order valence-corrected chi connectivity index (χ1v) is 8.75. The van der Waals surface area contributed by atoms with E-state index in [0.717, 1.165) is 10.0 Å². The zero-order valence-electron chi connectivity index (χ0n) is 13.0. The molecule has 0 aliphatic heterocycles. The van der Waals surface area contributed by atoms with Crippen molar-refractivity contribution in [1.82, 2.24) is 9.97 Å². The minimum atomic E-state index is -0.393. The van der Waals surface area contributed by atoms with E-state index < -0.39 is 5.97 Å². The van der Waals surface area contributed by atoms with Crippen LogP contribution in [0.4, 0.5) is 0 Å². The summed E-state index contributed by atoms with van der Waals surface area (Å²) in [4.78, 5) is 31.6. The average Bonchev–Trinajstić information content (AvgIpc) is 3.00. The van der Waals surface area contributed by atoms with Crippen molar-refractivity contribution in [2.75, 3.05) is 12.4 Å². The van der Waals surface area contributed by atoms with Gasteiger partial charge in [-0.2, -0.15) is 0 Å². The van der Waals surface area contributed by atoms with E-state index in [-0.39, 0.29) is 11.5 Å². The maximum Gasteiger partial charge on any atom is 0.340 e. The van der Waals surface area contributed by atoms with E-state index in [1.165, 1.54) is 23.1 Å². The molecular formula is C15H18N2O3S2. The number of hydrogen-bond donors (Lipinski definition) is 1. The fourth-order valence-electron chi connectivity index (χ4n) is 2.14. The van der Waals surface area contributed by atoms with E-state index in [1.54, 1.807) is 20.8 Å². The molecule has 0 saturated heterocycles. The fraction of sp³-hybridized carbons (Fsp3) is 0.400. The summed E-state index contributed by atoms with van der Waals surface area (Å²) in [5.74, 6) is -0.152. The molecule has 7 heteroatoms. The second kappa shape index (κ2) is 7.11. The van der Waals surface area contributed by atoms with E-state index in [9.17, 15) is 9.59 Å². The van der Waals surface area contributed by atoms with Gasteiger partial charge in [0.25, 0.3) is 0 Å². The zero-order chi connectivity index (χ0) is 16.3. The molecule has 0 atom stereocenters. The molecule has 2 aromatic rings. The van der Waals surface area contributed by atoms with Gasteiger partial charge in [0, 0.05) is 16.8 Å². The number of aromatic amines is 1. The van der Waals surface area contributed by atoms with Gasteiger partial charge in [-0.3, -0.25) is 4.79 Å². The molecule has 0 saturated carbocycles. The van der Waals surface area contributed by atoms with E-state index in [0.29, 0.717) is 29.1 Å². The van der Waals surface area contributed by atoms with Crippen LogP contribution in [0, 0.1) is 20.8 Å². The third-order valence-corrected chi connectivity index (χ3v) is 5.26. The highest BCUT2D eigenvalue weighted by molar-refractivity contribution is 8.01. The Bertz CT molecular complexity index is 704. The molecule has 1 N–H and O–H groups in total. The van der Waals surface area contributed by atoms with Crippen molar-refractivity contribution >= 4 is 34.9 Å². The predicted octanol–water partition coefficient (Wildman–Crippen LogP) is 3.55. The smallest absolute Gasteiger partial charge is 0.340 e. The van der Waals surface area contributed by atoms with Crippen LogP contribution in [-0.2, 0) is 4.74 Å². The minimum absolute atomic E-state index is 0.0472. The molecule has 0 amide bonds. The highest BCUT2D eigenvalue weighted by Crippen LogP contribution is 2.25. The Labute approximate surface area is 137 Å². The summed E-state index contributed by atoms with van der Waals surface area (Å²) in [6.45, 7) is 7.53. The van der Waals surface area contributed by atoms with Gasteiger partial charge in [0.1, 0.15) is 0 Å². The maximum absolute atomic E-state index is 12.4. The number of carbonyl (C=O) groups excluding carboxylic acids is 2. The number of thioether (sulfide) groups is 1. The van der Waals surface area contributed by atoms with Gasteiger partial charge in [-0.05, 0) is 33.3 Å². The number of hydrogen-bond acceptors (Lipinski definition) is 6. The SMILES string of the molecule is CCOC(=O)c1c(C)[nH]c(C(=O)CSc2nc(C)cs2)c1C. The molecule has 0 aliphatic carbocycles. The van der Waals surface area contributed by atoms with E-state index in [4.69, 9.17) is 4.74 Å². The highest BCUT2D eigenvalue weighted by atomic mass is 32.2. The van der Waals surface area contributed by atoms with Crippen molar-refractivity contribution in [3.8, 4) is 0 Å². The number of aryl methyl sites for hydroxylation is 2. The molecule has 2 aromatic heterocycles. The summed E-state index contributed by atoms with van der Waals surface area (Å²) in [6, 6.07) is 0. The Morgan fingerprint density at radius 2 is 2.09 bits per heavy atom. The normalized spacial score (nSPS) is 10.7. The van der Waals surface area contributed by atoms with E-state index >= 15 is 0 Å². The van der Waals surface area contributed by atoms with Crippen LogP contribution < -0.4 is 0 Å². The summed E-state index contributed by atoms with van der Waals surface area (Å²) >= 11 is 2.93. The largest absolute Gasteiger partial charge is 0.462 e. The van der Waals surface area contributed by atoms with Crippen molar-refractivity contribution in [2.24, 2.45) is 0 Å². The van der Waals surface area contributed by atoms with E-state index in [1.807, 2.05) is 12.3 Å². The molecular weight excluding hydrogens is 320 g/mol. The predicted molar refractivity (Wildman–Crippen MR) is 88.1 cm³/mol. The monoisotopic (exact) mass is 338 g/mol. The Hall–Kier alpha value is -1.60. The molecule has 0 unspecified atom stereocenters. The fourth-order valence-corrected chi connectivity index (χ4v) is 3.86. The number of nitrogens with one attached hydrogen (secondary N) is 1. The number of H-pyrrole nitrogens is 1. The number of aromatic nitrogens is 2. The third-order valence-electron chi connectivity index (χ3n) is 3.12. The first-order chi connectivity index (χ1) is 10.4. The van der Waals surface area contributed by atoms with Crippen LogP contribution in [0.3, 0.4) is 0 Å². The summed E-state index contributed by atoms with van der Waals surface area (Å²) in [5.41, 5.74) is 3.20. The van der Waals surface area contributed by atoms with Gasteiger partial charge in [0.05, 0.1) is 23.6 Å². The van der Waals surface area contributed by atoms with Gasteiger partial charge in [-0.1, -0.05) is 11.8 Å². The molecule has 0 spiro atoms. The van der Waals surface area contributed by atoms with Crippen LogP contribution >= 0.6 is 23.1 Å². The second-order valence-corrected chi connectivity index (χ2v) is 6.89.